The van der Waals surface area contributed by atoms with E-state index in [9.17, 15) is 18.0 Å². The topological polar surface area (TPSA) is 106 Å². The van der Waals surface area contributed by atoms with Crippen molar-refractivity contribution >= 4 is 65.6 Å². The molecule has 3 rings (SSSR count). The number of thiophene rings is 1. The molecule has 0 atom stereocenters. The molecular formula is C15H16BrN3O5S3. The fourth-order valence-electron chi connectivity index (χ4n) is 2.59. The lowest BCUT2D eigenvalue weighted by atomic mass is 9.98. The van der Waals surface area contributed by atoms with E-state index in [-0.39, 0.29) is 13.1 Å². The van der Waals surface area contributed by atoms with E-state index in [1.165, 1.54) is 27.0 Å². The number of rotatable bonds is 6. The van der Waals surface area contributed by atoms with Gasteiger partial charge >= 0.3 is 5.97 Å². The highest BCUT2D eigenvalue weighted by atomic mass is 79.9. The highest BCUT2D eigenvalue weighted by Gasteiger charge is 2.33. The Bertz CT molecular complexity index is 905. The third kappa shape index (κ3) is 5.13. The highest BCUT2D eigenvalue weighted by Crippen LogP contribution is 2.27. The molecule has 1 saturated heterocycles. The second kappa shape index (κ2) is 8.78. The number of hydrogen-bond acceptors (Lipinski definition) is 8. The van der Waals surface area contributed by atoms with Crippen LogP contribution in [0.3, 0.4) is 0 Å². The molecule has 2 aromatic rings. The van der Waals surface area contributed by atoms with Gasteiger partial charge in [0.05, 0.1) is 15.9 Å². The summed E-state index contributed by atoms with van der Waals surface area (Å²) in [5, 5.41) is 4.67. The summed E-state index contributed by atoms with van der Waals surface area (Å²) in [7, 11) is -3.50. The van der Waals surface area contributed by atoms with Gasteiger partial charge in [-0.1, -0.05) is 17.4 Å². The molecule has 8 nitrogen and oxygen atoms in total. The van der Waals surface area contributed by atoms with Crippen LogP contribution < -0.4 is 5.32 Å². The monoisotopic (exact) mass is 493 g/mol. The van der Waals surface area contributed by atoms with Gasteiger partial charge in [-0.2, -0.15) is 4.31 Å². The Labute approximate surface area is 172 Å². The largest absolute Gasteiger partial charge is 0.455 e. The normalized spacial score (nSPS) is 16.2. The Hall–Kier alpha value is -1.34. The minimum absolute atomic E-state index is 0.249. The highest BCUT2D eigenvalue weighted by molar-refractivity contribution is 9.11. The number of aromatic nitrogens is 1. The number of carbonyl (C=O) groups excluding carboxylic acids is 2. The molecule has 27 heavy (non-hydrogen) atoms. The zero-order valence-corrected chi connectivity index (χ0v) is 18.0. The van der Waals surface area contributed by atoms with Crippen molar-refractivity contribution < 1.29 is 22.7 Å². The molecule has 0 spiro atoms. The van der Waals surface area contributed by atoms with Crippen LogP contribution in [-0.4, -0.2) is 49.3 Å². The minimum atomic E-state index is -3.50. The number of nitrogens with zero attached hydrogens (tertiary/aromatic N) is 2. The Kier molecular flexibility index (Phi) is 6.63. The molecule has 0 unspecified atom stereocenters. The third-order valence-corrected chi connectivity index (χ3v) is 8.61. The van der Waals surface area contributed by atoms with Crippen LogP contribution in [0.1, 0.15) is 12.8 Å². The summed E-state index contributed by atoms with van der Waals surface area (Å²) in [4.78, 5) is 27.9. The van der Waals surface area contributed by atoms with E-state index in [4.69, 9.17) is 4.74 Å². The molecule has 0 saturated carbocycles. The maximum atomic E-state index is 12.5. The van der Waals surface area contributed by atoms with Crippen LogP contribution >= 0.6 is 38.6 Å². The van der Waals surface area contributed by atoms with Gasteiger partial charge in [-0.25, -0.2) is 13.4 Å². The van der Waals surface area contributed by atoms with Gasteiger partial charge in [0, 0.05) is 13.1 Å². The quantitative estimate of drug-likeness (QED) is 0.619. The van der Waals surface area contributed by atoms with Crippen LogP contribution in [0.2, 0.25) is 0 Å². The number of anilines is 1. The number of nitrogens with one attached hydrogen (secondary N) is 1. The Morgan fingerprint density at radius 1 is 1.37 bits per heavy atom. The molecule has 0 aromatic carbocycles. The molecule has 1 aliphatic heterocycles. The molecule has 1 fully saturated rings. The van der Waals surface area contributed by atoms with Crippen LogP contribution in [0.25, 0.3) is 0 Å². The van der Waals surface area contributed by atoms with Crippen LogP contribution in [0.5, 0.6) is 0 Å². The average molecular weight is 494 g/mol. The second-order valence-electron chi connectivity index (χ2n) is 5.74. The summed E-state index contributed by atoms with van der Waals surface area (Å²) in [5.74, 6) is -1.37. The second-order valence-corrected chi connectivity index (χ2v) is 11.3. The SMILES string of the molecule is O=C(COC(=O)C1CCN(S(=O)(=O)c2cccs2)CC1)Nc1ncc(Br)s1. The van der Waals surface area contributed by atoms with Gasteiger partial charge in [-0.3, -0.25) is 14.9 Å². The van der Waals surface area contributed by atoms with Gasteiger partial charge in [0.2, 0.25) is 0 Å². The summed E-state index contributed by atoms with van der Waals surface area (Å²) in [6.07, 6.45) is 2.29. The van der Waals surface area contributed by atoms with E-state index in [1.54, 1.807) is 23.7 Å². The van der Waals surface area contributed by atoms with Crippen molar-refractivity contribution in [3.63, 3.8) is 0 Å². The predicted molar refractivity (Wildman–Crippen MR) is 105 cm³/mol. The van der Waals surface area contributed by atoms with E-state index in [1.807, 2.05) is 0 Å². The maximum Gasteiger partial charge on any atom is 0.309 e. The summed E-state index contributed by atoms with van der Waals surface area (Å²) in [5.41, 5.74) is 0. The number of amides is 1. The number of piperidine rings is 1. The van der Waals surface area contributed by atoms with E-state index < -0.39 is 34.4 Å². The predicted octanol–water partition coefficient (Wildman–Crippen LogP) is 2.55. The van der Waals surface area contributed by atoms with Crippen molar-refractivity contribution in [2.24, 2.45) is 5.92 Å². The number of esters is 1. The van der Waals surface area contributed by atoms with Gasteiger partial charge in [0.1, 0.15) is 4.21 Å². The lowest BCUT2D eigenvalue weighted by Crippen LogP contribution is -2.40. The molecule has 1 amide bonds. The summed E-state index contributed by atoms with van der Waals surface area (Å²) < 4.78 is 32.5. The molecule has 1 N–H and O–H groups in total. The summed E-state index contributed by atoms with van der Waals surface area (Å²) in [6, 6.07) is 3.26. The van der Waals surface area contributed by atoms with Gasteiger partial charge < -0.3 is 4.74 Å². The molecule has 1 aliphatic rings. The van der Waals surface area contributed by atoms with Crippen LogP contribution in [0.4, 0.5) is 5.13 Å². The minimum Gasteiger partial charge on any atom is -0.455 e. The zero-order chi connectivity index (χ0) is 19.4. The lowest BCUT2D eigenvalue weighted by Gasteiger charge is -2.29. The van der Waals surface area contributed by atoms with Crippen molar-refractivity contribution in [3.8, 4) is 0 Å². The number of sulfonamides is 1. The number of hydrogen-bond donors (Lipinski definition) is 1. The smallest absolute Gasteiger partial charge is 0.309 e. The molecule has 3 heterocycles. The molecule has 146 valence electrons. The van der Waals surface area contributed by atoms with E-state index in [2.05, 4.69) is 26.2 Å². The van der Waals surface area contributed by atoms with Gasteiger partial charge in [0.25, 0.3) is 15.9 Å². The molecule has 0 bridgehead atoms. The third-order valence-electron chi connectivity index (χ3n) is 3.95. The van der Waals surface area contributed by atoms with Crippen molar-refractivity contribution in [2.75, 3.05) is 25.0 Å². The first-order valence-corrected chi connectivity index (χ1v) is 11.9. The number of ether oxygens (including phenoxy) is 1. The number of halogens is 1. The van der Waals surface area contributed by atoms with E-state index >= 15 is 0 Å². The first-order valence-electron chi connectivity index (χ1n) is 7.98. The van der Waals surface area contributed by atoms with E-state index in [0.717, 1.165) is 3.79 Å². The first-order chi connectivity index (χ1) is 12.9. The fraction of sp³-hybridized carbons (Fsp3) is 0.400. The van der Waals surface area contributed by atoms with Gasteiger partial charge in [-0.05, 0) is 40.2 Å². The zero-order valence-electron chi connectivity index (χ0n) is 14.0. The lowest BCUT2D eigenvalue weighted by molar-refractivity contribution is -0.152. The number of thiazole rings is 1. The van der Waals surface area contributed by atoms with Crippen LogP contribution in [0.15, 0.2) is 31.7 Å². The molecule has 0 aliphatic carbocycles. The maximum absolute atomic E-state index is 12.5. The Balaban J connectivity index is 1.45. The van der Waals surface area contributed by atoms with Crippen molar-refractivity contribution in [1.29, 1.82) is 0 Å². The average Bonchev–Trinajstić information content (AvgIpc) is 3.32. The molecule has 0 radical (unpaired) electrons. The van der Waals surface area contributed by atoms with Crippen molar-refractivity contribution in [3.05, 3.63) is 27.5 Å². The Morgan fingerprint density at radius 3 is 2.70 bits per heavy atom. The summed E-state index contributed by atoms with van der Waals surface area (Å²) >= 11 is 5.66. The van der Waals surface area contributed by atoms with E-state index in [0.29, 0.717) is 22.2 Å². The van der Waals surface area contributed by atoms with Crippen molar-refractivity contribution in [2.45, 2.75) is 17.1 Å². The first kappa shape index (κ1) is 20.4. The standard InChI is InChI=1S/C15H16BrN3O5S3/c16-11-8-17-15(26-11)18-12(20)9-24-14(21)10-3-5-19(6-4-10)27(22,23)13-2-1-7-25-13/h1-2,7-8,10H,3-6,9H2,(H,17,18,20). The van der Waals surface area contributed by atoms with Gasteiger partial charge in [-0.15, -0.1) is 11.3 Å². The number of carbonyl (C=O) groups is 2. The fourth-order valence-corrected chi connectivity index (χ4v) is 6.33. The molecule has 2 aromatic heterocycles. The molecular weight excluding hydrogens is 478 g/mol. The van der Waals surface area contributed by atoms with Crippen LogP contribution in [-0.2, 0) is 24.3 Å². The van der Waals surface area contributed by atoms with Crippen LogP contribution in [0, 0.1) is 5.92 Å². The molecule has 12 heteroatoms. The summed E-state index contributed by atoms with van der Waals surface area (Å²) in [6.45, 7) is 0.0996. The van der Waals surface area contributed by atoms with Gasteiger partial charge in [0.15, 0.2) is 11.7 Å². The van der Waals surface area contributed by atoms with Crippen molar-refractivity contribution in [1.82, 2.24) is 9.29 Å². The Morgan fingerprint density at radius 2 is 2.11 bits per heavy atom.